The number of allylic oxidation sites excluding steroid dienone is 1. The molecule has 0 nitrogen and oxygen atoms in total. The molecule has 2 atom stereocenters. The second-order valence-electron chi connectivity index (χ2n) is 3.33. The molecule has 0 N–H and O–H groups in total. The zero-order chi connectivity index (χ0) is 6.36. The van der Waals surface area contributed by atoms with E-state index in [0.29, 0.717) is 11.3 Å². The summed E-state index contributed by atoms with van der Waals surface area (Å²) in [7, 11) is 0. The standard InChI is InChI=1S/C8H13.3Y/c1-5-7-6(2)8(7,3)4;;;/h1,5-7H,2-4H3;;;/q-1;;;. The largest absolute Gasteiger partial charge is 0.518 e. The van der Waals surface area contributed by atoms with Crippen molar-refractivity contribution in [3.05, 3.63) is 12.7 Å². The number of rotatable bonds is 1. The van der Waals surface area contributed by atoms with Crippen molar-refractivity contribution in [1.82, 2.24) is 0 Å². The van der Waals surface area contributed by atoms with Crippen molar-refractivity contribution in [2.45, 2.75) is 20.8 Å². The average molecular weight is 376 g/mol. The molecule has 0 aliphatic heterocycles. The van der Waals surface area contributed by atoms with Gasteiger partial charge in [-0.15, -0.1) is 0 Å². The molecule has 1 aliphatic rings. The van der Waals surface area contributed by atoms with Crippen molar-refractivity contribution in [2.75, 3.05) is 0 Å². The van der Waals surface area contributed by atoms with Crippen LogP contribution in [-0.2, 0) is 98.1 Å². The van der Waals surface area contributed by atoms with Gasteiger partial charge in [0.15, 0.2) is 0 Å². The van der Waals surface area contributed by atoms with E-state index in [2.05, 4.69) is 20.8 Å². The summed E-state index contributed by atoms with van der Waals surface area (Å²) in [6.07, 6.45) is 1.82. The topological polar surface area (TPSA) is 0 Å². The molecule has 0 saturated heterocycles. The molecule has 0 aromatic heterocycles. The molecule has 1 aliphatic carbocycles. The number of hydrogen-bond donors (Lipinski definition) is 0. The van der Waals surface area contributed by atoms with Gasteiger partial charge in [0.05, 0.1) is 0 Å². The molecular formula is C8H13Y3-. The van der Waals surface area contributed by atoms with Gasteiger partial charge in [0.25, 0.3) is 0 Å². The van der Waals surface area contributed by atoms with E-state index in [4.69, 9.17) is 6.58 Å². The zero-order valence-electron chi connectivity index (χ0n) is 7.54. The van der Waals surface area contributed by atoms with Crippen LogP contribution in [0.15, 0.2) is 6.08 Å². The maximum Gasteiger partial charge on any atom is 0 e. The molecule has 0 spiro atoms. The summed E-state index contributed by atoms with van der Waals surface area (Å²) in [5.41, 5.74) is 0.495. The van der Waals surface area contributed by atoms with Crippen molar-refractivity contribution in [3.8, 4) is 0 Å². The van der Waals surface area contributed by atoms with Gasteiger partial charge in [-0.25, -0.2) is 0 Å². The SMILES string of the molecule is [CH-]=CC1C(C)C1(C)C.[Y].[Y].[Y]. The fraction of sp³-hybridized carbons (Fsp3) is 0.750. The second-order valence-corrected chi connectivity index (χ2v) is 3.33. The van der Waals surface area contributed by atoms with Crippen LogP contribution >= 0.6 is 0 Å². The van der Waals surface area contributed by atoms with Crippen LogP contribution in [0.2, 0.25) is 0 Å². The Bertz CT molecular complexity index is 121. The Labute approximate surface area is 146 Å². The maximum absolute atomic E-state index is 5.37. The monoisotopic (exact) mass is 376 g/mol. The molecule has 55 valence electrons. The molecular weight excluding hydrogens is 363 g/mol. The summed E-state index contributed by atoms with van der Waals surface area (Å²) in [6.45, 7) is 12.1. The van der Waals surface area contributed by atoms with E-state index in [9.17, 15) is 0 Å². The molecule has 0 heterocycles. The molecule has 3 radical (unpaired) electrons. The van der Waals surface area contributed by atoms with Gasteiger partial charge < -0.3 is 6.58 Å². The van der Waals surface area contributed by atoms with Crippen LogP contribution in [0.4, 0.5) is 0 Å². The Morgan fingerprint density at radius 1 is 1.18 bits per heavy atom. The summed E-state index contributed by atoms with van der Waals surface area (Å²) in [6, 6.07) is 0. The molecule has 3 heteroatoms. The fourth-order valence-corrected chi connectivity index (χ4v) is 1.36. The van der Waals surface area contributed by atoms with Crippen molar-refractivity contribution in [2.24, 2.45) is 17.3 Å². The van der Waals surface area contributed by atoms with Crippen LogP contribution in [0.1, 0.15) is 20.8 Å². The van der Waals surface area contributed by atoms with Crippen molar-refractivity contribution < 1.29 is 98.1 Å². The molecule has 0 aromatic rings. The number of hydrogen-bond acceptors (Lipinski definition) is 0. The van der Waals surface area contributed by atoms with Crippen LogP contribution in [0.25, 0.3) is 0 Å². The van der Waals surface area contributed by atoms with Crippen LogP contribution < -0.4 is 0 Å². The molecule has 1 saturated carbocycles. The summed E-state index contributed by atoms with van der Waals surface area (Å²) in [5.74, 6) is 1.47. The predicted octanol–water partition coefficient (Wildman–Crippen LogP) is 2.26. The van der Waals surface area contributed by atoms with Crippen LogP contribution in [0.5, 0.6) is 0 Å². The molecule has 0 amide bonds. The van der Waals surface area contributed by atoms with Gasteiger partial charge in [-0.1, -0.05) is 20.8 Å². The third-order valence-corrected chi connectivity index (χ3v) is 2.67. The van der Waals surface area contributed by atoms with Crippen LogP contribution in [0, 0.1) is 23.8 Å². The van der Waals surface area contributed by atoms with Gasteiger partial charge in [-0.3, -0.25) is 6.08 Å². The molecule has 1 rings (SSSR count). The summed E-state index contributed by atoms with van der Waals surface area (Å²) < 4.78 is 0. The zero-order valence-corrected chi connectivity index (χ0v) is 16.1. The Kier molecular flexibility index (Phi) is 13.1. The quantitative estimate of drug-likeness (QED) is 0.617. The first-order valence-electron chi connectivity index (χ1n) is 3.15. The van der Waals surface area contributed by atoms with Gasteiger partial charge in [0.1, 0.15) is 0 Å². The third-order valence-electron chi connectivity index (χ3n) is 2.67. The first kappa shape index (κ1) is 19.6. The minimum absolute atomic E-state index is 0. The van der Waals surface area contributed by atoms with Gasteiger partial charge in [0, 0.05) is 98.1 Å². The van der Waals surface area contributed by atoms with E-state index >= 15 is 0 Å². The van der Waals surface area contributed by atoms with E-state index in [-0.39, 0.29) is 98.1 Å². The van der Waals surface area contributed by atoms with E-state index in [1.807, 2.05) is 6.08 Å². The van der Waals surface area contributed by atoms with Gasteiger partial charge >= 0.3 is 0 Å². The van der Waals surface area contributed by atoms with E-state index in [0.717, 1.165) is 5.92 Å². The van der Waals surface area contributed by atoms with E-state index in [1.165, 1.54) is 0 Å². The summed E-state index contributed by atoms with van der Waals surface area (Å²) in [5, 5.41) is 0. The van der Waals surface area contributed by atoms with Crippen LogP contribution in [0.3, 0.4) is 0 Å². The Hall–Kier alpha value is 3.05. The molecule has 2 unspecified atom stereocenters. The van der Waals surface area contributed by atoms with Gasteiger partial charge in [-0.05, 0) is 17.3 Å². The molecule has 0 bridgehead atoms. The summed E-state index contributed by atoms with van der Waals surface area (Å²) in [4.78, 5) is 0. The minimum atomic E-state index is 0. The Morgan fingerprint density at radius 2 is 1.45 bits per heavy atom. The van der Waals surface area contributed by atoms with Crippen molar-refractivity contribution in [1.29, 1.82) is 0 Å². The fourth-order valence-electron chi connectivity index (χ4n) is 1.36. The molecule has 0 aromatic carbocycles. The van der Waals surface area contributed by atoms with Crippen molar-refractivity contribution >= 4 is 0 Å². The van der Waals surface area contributed by atoms with Crippen molar-refractivity contribution in [3.63, 3.8) is 0 Å². The van der Waals surface area contributed by atoms with E-state index < -0.39 is 0 Å². The third kappa shape index (κ3) is 4.39. The molecule has 11 heavy (non-hydrogen) atoms. The minimum Gasteiger partial charge on any atom is -0.518 e. The summed E-state index contributed by atoms with van der Waals surface area (Å²) >= 11 is 0. The predicted molar refractivity (Wildman–Crippen MR) is 35.3 cm³/mol. The van der Waals surface area contributed by atoms with Crippen LogP contribution in [-0.4, -0.2) is 0 Å². The van der Waals surface area contributed by atoms with E-state index in [1.54, 1.807) is 0 Å². The average Bonchev–Trinajstić information content (AvgIpc) is 2.09. The first-order chi connectivity index (χ1) is 3.60. The second kappa shape index (κ2) is 7.36. The normalized spacial score (nSPS) is 30.1. The van der Waals surface area contributed by atoms with Gasteiger partial charge in [-0.2, -0.15) is 0 Å². The van der Waals surface area contributed by atoms with Gasteiger partial charge in [0.2, 0.25) is 0 Å². The Balaban J connectivity index is -0.000000213. The molecule has 1 fully saturated rings. The Morgan fingerprint density at radius 3 is 1.45 bits per heavy atom. The maximum atomic E-state index is 5.37. The first-order valence-corrected chi connectivity index (χ1v) is 3.15. The smallest absolute Gasteiger partial charge is 0 e.